The van der Waals surface area contributed by atoms with Crippen LogP contribution >= 0.6 is 11.8 Å². The maximum absolute atomic E-state index is 11.9. The first-order chi connectivity index (χ1) is 13.7. The fraction of sp³-hybridized carbons (Fsp3) is 0.429. The minimum absolute atomic E-state index is 0.108. The van der Waals surface area contributed by atoms with E-state index in [4.69, 9.17) is 9.88 Å². The molecule has 0 unspecified atom stereocenters. The van der Waals surface area contributed by atoms with Gasteiger partial charge >= 0.3 is 0 Å². The Hall–Kier alpha value is -1.58. The van der Waals surface area contributed by atoms with Crippen LogP contribution in [0.15, 0.2) is 46.2 Å². The molecule has 29 heavy (non-hydrogen) atoms. The summed E-state index contributed by atoms with van der Waals surface area (Å²) >= 11 is 1.70. The molecule has 3 rings (SSSR count). The van der Waals surface area contributed by atoms with E-state index in [0.29, 0.717) is 18.3 Å². The molecule has 2 aromatic carbocycles. The van der Waals surface area contributed by atoms with Crippen molar-refractivity contribution in [2.75, 3.05) is 33.4 Å². The van der Waals surface area contributed by atoms with Gasteiger partial charge in [-0.05, 0) is 75.7 Å². The molecule has 8 heteroatoms. The fourth-order valence-corrected chi connectivity index (χ4v) is 4.76. The van der Waals surface area contributed by atoms with E-state index >= 15 is 0 Å². The Labute approximate surface area is 178 Å². The predicted molar refractivity (Wildman–Crippen MR) is 118 cm³/mol. The van der Waals surface area contributed by atoms with Gasteiger partial charge in [0, 0.05) is 36.1 Å². The molecule has 0 radical (unpaired) electrons. The lowest BCUT2D eigenvalue weighted by Gasteiger charge is -2.21. The molecule has 0 bridgehead atoms. The molecular weight excluding hydrogens is 406 g/mol. The number of aryl methyl sites for hydroxylation is 1. The third-order valence-electron chi connectivity index (χ3n) is 5.33. The summed E-state index contributed by atoms with van der Waals surface area (Å²) in [6.45, 7) is 4.57. The van der Waals surface area contributed by atoms with Gasteiger partial charge in [-0.2, -0.15) is 0 Å². The van der Waals surface area contributed by atoms with E-state index in [-0.39, 0.29) is 4.90 Å². The standard InChI is InChI=1S/C21H29N3O3S2/c1-15-11-18(5-8-21(15)28-4)27-20-7-6-19(29(22,25)26)12-16(20)13-24-10-9-17(14-24)23(2)3/h5-8,11-12,17H,9-10,13-14H2,1-4H3,(H2,22,25,26)/t17-/m0/s1. The number of nitrogens with two attached hydrogens (primary N) is 1. The molecule has 1 aliphatic heterocycles. The van der Waals surface area contributed by atoms with Crippen molar-refractivity contribution in [3.05, 3.63) is 47.5 Å². The van der Waals surface area contributed by atoms with Gasteiger partial charge in [0.1, 0.15) is 11.5 Å². The normalized spacial score (nSPS) is 17.8. The van der Waals surface area contributed by atoms with Gasteiger partial charge in [0.25, 0.3) is 0 Å². The van der Waals surface area contributed by atoms with E-state index in [9.17, 15) is 8.42 Å². The summed E-state index contributed by atoms with van der Waals surface area (Å²) in [6, 6.07) is 11.3. The maximum Gasteiger partial charge on any atom is 0.238 e. The van der Waals surface area contributed by atoms with E-state index < -0.39 is 10.0 Å². The highest BCUT2D eigenvalue weighted by Gasteiger charge is 2.25. The Bertz CT molecular complexity index is 977. The number of thioether (sulfide) groups is 1. The zero-order valence-electron chi connectivity index (χ0n) is 17.4. The van der Waals surface area contributed by atoms with Gasteiger partial charge in [-0.15, -0.1) is 11.8 Å². The number of rotatable bonds is 7. The quantitative estimate of drug-likeness (QED) is 0.673. The van der Waals surface area contributed by atoms with Gasteiger partial charge in [0.15, 0.2) is 0 Å². The molecule has 1 atom stereocenters. The lowest BCUT2D eigenvalue weighted by Crippen LogP contribution is -2.31. The maximum atomic E-state index is 11.9. The third-order valence-corrected chi connectivity index (χ3v) is 7.14. The number of primary sulfonamides is 1. The summed E-state index contributed by atoms with van der Waals surface area (Å²) in [5.74, 6) is 1.39. The van der Waals surface area contributed by atoms with Crippen molar-refractivity contribution in [2.24, 2.45) is 5.14 Å². The van der Waals surface area contributed by atoms with Gasteiger partial charge in [0.05, 0.1) is 4.90 Å². The molecule has 2 aromatic rings. The summed E-state index contributed by atoms with van der Waals surface area (Å²) < 4.78 is 29.9. The van der Waals surface area contributed by atoms with Crippen LogP contribution in [0.25, 0.3) is 0 Å². The smallest absolute Gasteiger partial charge is 0.238 e. The Morgan fingerprint density at radius 2 is 2.00 bits per heavy atom. The van der Waals surface area contributed by atoms with Crippen LogP contribution in [0.4, 0.5) is 0 Å². The summed E-state index contributed by atoms with van der Waals surface area (Å²) in [4.78, 5) is 5.86. The Kier molecular flexibility index (Phi) is 6.90. The molecule has 1 aliphatic rings. The zero-order valence-corrected chi connectivity index (χ0v) is 19.0. The van der Waals surface area contributed by atoms with E-state index in [1.807, 2.05) is 24.5 Å². The largest absolute Gasteiger partial charge is 0.457 e. The highest BCUT2D eigenvalue weighted by Crippen LogP contribution is 2.32. The second kappa shape index (κ2) is 9.06. The van der Waals surface area contributed by atoms with Gasteiger partial charge in [0.2, 0.25) is 10.0 Å². The van der Waals surface area contributed by atoms with Gasteiger partial charge < -0.3 is 9.64 Å². The lowest BCUT2D eigenvalue weighted by atomic mass is 10.2. The zero-order chi connectivity index (χ0) is 21.2. The van der Waals surface area contributed by atoms with E-state index in [1.54, 1.807) is 23.9 Å². The second-order valence-electron chi connectivity index (χ2n) is 7.69. The van der Waals surface area contributed by atoms with Gasteiger partial charge in [-0.25, -0.2) is 13.6 Å². The van der Waals surface area contributed by atoms with E-state index in [1.165, 1.54) is 11.0 Å². The molecule has 0 amide bonds. The van der Waals surface area contributed by atoms with Crippen LogP contribution in [0.3, 0.4) is 0 Å². The van der Waals surface area contributed by atoms with Crippen LogP contribution in [-0.4, -0.2) is 57.7 Å². The molecule has 158 valence electrons. The molecular formula is C21H29N3O3S2. The first kappa shape index (κ1) is 22.1. The SMILES string of the molecule is CSc1ccc(Oc2ccc(S(N)(=O)=O)cc2CN2CC[C@H](N(C)C)C2)cc1C. The molecule has 0 spiro atoms. The van der Waals surface area contributed by atoms with Gasteiger partial charge in [-0.3, -0.25) is 4.90 Å². The molecule has 2 N–H and O–H groups in total. The summed E-state index contributed by atoms with van der Waals surface area (Å²) in [7, 11) is 0.403. The predicted octanol–water partition coefficient (Wildman–Crippen LogP) is 3.29. The number of hydrogen-bond acceptors (Lipinski definition) is 6. The summed E-state index contributed by atoms with van der Waals surface area (Å²) in [5, 5.41) is 5.36. The number of likely N-dealkylation sites (tertiary alicyclic amines) is 1. The fourth-order valence-electron chi connectivity index (χ4n) is 3.62. The van der Waals surface area contributed by atoms with Crippen molar-refractivity contribution in [3.8, 4) is 11.5 Å². The van der Waals surface area contributed by atoms with Crippen molar-refractivity contribution in [3.63, 3.8) is 0 Å². The molecule has 0 aromatic heterocycles. The van der Waals surface area contributed by atoms with Crippen LogP contribution in [0.1, 0.15) is 17.5 Å². The average molecular weight is 436 g/mol. The minimum atomic E-state index is -3.77. The average Bonchev–Trinajstić information content (AvgIpc) is 3.11. The van der Waals surface area contributed by atoms with Crippen LogP contribution in [0, 0.1) is 6.92 Å². The highest BCUT2D eigenvalue weighted by molar-refractivity contribution is 7.98. The minimum Gasteiger partial charge on any atom is -0.457 e. The summed E-state index contributed by atoms with van der Waals surface area (Å²) in [5.41, 5.74) is 1.97. The number of hydrogen-bond donors (Lipinski definition) is 1. The topological polar surface area (TPSA) is 75.9 Å². The lowest BCUT2D eigenvalue weighted by molar-refractivity contribution is 0.263. The number of ether oxygens (including phenoxy) is 1. The number of likely N-dealkylation sites (N-methyl/N-ethyl adjacent to an activating group) is 1. The van der Waals surface area contributed by atoms with E-state index in [0.717, 1.165) is 36.4 Å². The monoisotopic (exact) mass is 435 g/mol. The molecule has 1 heterocycles. The van der Waals surface area contributed by atoms with Crippen molar-refractivity contribution >= 4 is 21.8 Å². The van der Waals surface area contributed by atoms with Crippen LogP contribution in [0.2, 0.25) is 0 Å². The van der Waals surface area contributed by atoms with Crippen LogP contribution in [0.5, 0.6) is 11.5 Å². The Balaban J connectivity index is 1.89. The van der Waals surface area contributed by atoms with Gasteiger partial charge in [-0.1, -0.05) is 0 Å². The highest BCUT2D eigenvalue weighted by atomic mass is 32.2. The second-order valence-corrected chi connectivity index (χ2v) is 10.1. The Morgan fingerprint density at radius 1 is 1.24 bits per heavy atom. The number of benzene rings is 2. The number of nitrogens with zero attached hydrogens (tertiary/aromatic N) is 2. The molecule has 0 saturated carbocycles. The number of sulfonamides is 1. The van der Waals surface area contributed by atoms with Crippen LogP contribution < -0.4 is 9.88 Å². The first-order valence-corrected chi connectivity index (χ1v) is 12.3. The van der Waals surface area contributed by atoms with Crippen molar-refractivity contribution < 1.29 is 13.2 Å². The molecule has 1 saturated heterocycles. The molecule has 0 aliphatic carbocycles. The first-order valence-electron chi connectivity index (χ1n) is 9.54. The third kappa shape index (κ3) is 5.52. The molecule has 6 nitrogen and oxygen atoms in total. The van der Waals surface area contributed by atoms with Crippen molar-refractivity contribution in [1.82, 2.24) is 9.80 Å². The molecule has 1 fully saturated rings. The summed E-state index contributed by atoms with van der Waals surface area (Å²) in [6.07, 6.45) is 3.14. The Morgan fingerprint density at radius 3 is 2.59 bits per heavy atom. The van der Waals surface area contributed by atoms with E-state index in [2.05, 4.69) is 30.8 Å². The van der Waals surface area contributed by atoms with Crippen molar-refractivity contribution in [2.45, 2.75) is 35.7 Å². The van der Waals surface area contributed by atoms with Crippen LogP contribution in [-0.2, 0) is 16.6 Å². The van der Waals surface area contributed by atoms with Crippen molar-refractivity contribution in [1.29, 1.82) is 0 Å².